The van der Waals surface area contributed by atoms with Gasteiger partial charge in [-0.25, -0.2) is 0 Å². The van der Waals surface area contributed by atoms with Crippen LogP contribution >= 0.6 is 17.0 Å². The number of rotatable bonds is 5. The van der Waals surface area contributed by atoms with Crippen molar-refractivity contribution in [1.29, 1.82) is 0 Å². The molecule has 0 aliphatic heterocycles. The summed E-state index contributed by atoms with van der Waals surface area (Å²) in [5.74, 6) is 0. The van der Waals surface area contributed by atoms with Crippen molar-refractivity contribution in [2.45, 2.75) is 73.0 Å². The second-order valence-corrected chi connectivity index (χ2v) is 10.8. The van der Waals surface area contributed by atoms with Crippen LogP contribution in [0.2, 0.25) is 0 Å². The number of aliphatic hydroxyl groups is 1. The summed E-state index contributed by atoms with van der Waals surface area (Å²) in [7, 11) is 14.0. The van der Waals surface area contributed by atoms with Crippen molar-refractivity contribution in [1.82, 2.24) is 4.90 Å². The number of likely N-dealkylation sites (N-methyl/N-ethyl adjacent to an activating group) is 1. The van der Waals surface area contributed by atoms with Crippen LogP contribution in [0.4, 0.5) is 0 Å². The molecule has 2 nitrogen and oxygen atoms in total. The first-order valence-corrected chi connectivity index (χ1v) is 14.5. The molecule has 134 valence electrons. The summed E-state index contributed by atoms with van der Waals surface area (Å²) >= 11 is -0.826. The van der Waals surface area contributed by atoms with Crippen molar-refractivity contribution in [3.05, 3.63) is 22.3 Å². The number of nitrogens with zero attached hydrogens (tertiary/aromatic N) is 1. The van der Waals surface area contributed by atoms with Crippen LogP contribution in [-0.4, -0.2) is 35.7 Å². The fraction of sp³-hybridized carbons (Fsp3) is 0.778. The number of allylic oxidation sites excluding steroid dienone is 3. The molecule has 1 aliphatic rings. The van der Waals surface area contributed by atoms with Crippen molar-refractivity contribution in [2.24, 2.45) is 5.41 Å². The molecular weight excluding hydrogens is 408 g/mol. The van der Waals surface area contributed by atoms with Crippen molar-refractivity contribution < 1.29 is 26.0 Å². The van der Waals surface area contributed by atoms with Crippen LogP contribution in [0.5, 0.6) is 0 Å². The fourth-order valence-electron chi connectivity index (χ4n) is 4.17. The summed E-state index contributed by atoms with van der Waals surface area (Å²) in [6.07, 6.45) is 1.70. The molecule has 5 heteroatoms. The Balaban J connectivity index is 0.00000149. The molecule has 0 spiro atoms. The number of halogens is 2. The van der Waals surface area contributed by atoms with Gasteiger partial charge in [0.15, 0.2) is 0 Å². The van der Waals surface area contributed by atoms with Crippen molar-refractivity contribution in [2.75, 3.05) is 14.1 Å². The molecular formula is C18H33Cl2NOZr. The van der Waals surface area contributed by atoms with Crippen molar-refractivity contribution >= 4 is 17.0 Å². The van der Waals surface area contributed by atoms with E-state index < -0.39 is 26.4 Å². The van der Waals surface area contributed by atoms with E-state index in [9.17, 15) is 5.11 Å². The summed E-state index contributed by atoms with van der Waals surface area (Å²) < 4.78 is 0. The van der Waals surface area contributed by atoms with E-state index >= 15 is 0 Å². The van der Waals surface area contributed by atoms with Gasteiger partial charge in [-0.2, -0.15) is 0 Å². The Morgan fingerprint density at radius 1 is 1.13 bits per heavy atom. The van der Waals surface area contributed by atoms with Crippen LogP contribution in [0, 0.1) is 5.41 Å². The van der Waals surface area contributed by atoms with E-state index in [1.165, 1.54) is 22.3 Å². The predicted octanol–water partition coefficient (Wildman–Crippen LogP) is 5.54. The standard InChI is InChI=1S/C18H33NO.2ClH.Zr/c1-10-15(19(8)9)18(20,11-2)16-13(4)12(3)14(5)17(16,6)7;;;/h15,20H,10-11H2,1-9H3;2*1H;/q;;;+2/p-2. The normalized spacial score (nSPS) is 21.1. The summed E-state index contributed by atoms with van der Waals surface area (Å²) in [6.45, 7) is 15.3. The zero-order valence-corrected chi connectivity index (χ0v) is 20.1. The fourth-order valence-corrected chi connectivity index (χ4v) is 4.17. The molecule has 0 amide bonds. The van der Waals surface area contributed by atoms with Crippen LogP contribution in [0.1, 0.15) is 61.3 Å². The van der Waals surface area contributed by atoms with Crippen LogP contribution in [0.25, 0.3) is 0 Å². The van der Waals surface area contributed by atoms with E-state index in [1.54, 1.807) is 0 Å². The molecule has 2 atom stereocenters. The quantitative estimate of drug-likeness (QED) is 0.606. The van der Waals surface area contributed by atoms with E-state index in [1.807, 2.05) is 0 Å². The van der Waals surface area contributed by atoms with Gasteiger partial charge >= 0.3 is 37.9 Å². The predicted molar refractivity (Wildman–Crippen MR) is 99.6 cm³/mol. The van der Waals surface area contributed by atoms with Crippen LogP contribution in [0.3, 0.4) is 0 Å². The van der Waals surface area contributed by atoms with Crippen molar-refractivity contribution in [3.8, 4) is 0 Å². The van der Waals surface area contributed by atoms with Gasteiger partial charge in [0.05, 0.1) is 0 Å². The minimum absolute atomic E-state index is 0.0532. The molecule has 1 aliphatic carbocycles. The molecule has 0 fully saturated rings. The Bertz CT molecular complexity index is 472. The molecule has 0 saturated carbocycles. The maximum absolute atomic E-state index is 11.6. The Morgan fingerprint density at radius 3 is 1.78 bits per heavy atom. The first-order chi connectivity index (χ1) is 10.5. The Kier molecular flexibility index (Phi) is 9.89. The zero-order valence-electron chi connectivity index (χ0n) is 16.1. The van der Waals surface area contributed by atoms with Gasteiger partial charge in [-0.05, 0) is 64.4 Å². The molecule has 1 rings (SSSR count). The Morgan fingerprint density at radius 2 is 1.57 bits per heavy atom. The van der Waals surface area contributed by atoms with Crippen molar-refractivity contribution in [3.63, 3.8) is 0 Å². The molecule has 0 aromatic heterocycles. The van der Waals surface area contributed by atoms with Gasteiger partial charge in [-0.1, -0.05) is 33.3 Å². The molecule has 0 aromatic carbocycles. The molecule has 0 aromatic rings. The topological polar surface area (TPSA) is 23.5 Å². The molecule has 2 unspecified atom stereocenters. The third kappa shape index (κ3) is 4.73. The number of hydrogen-bond acceptors (Lipinski definition) is 2. The summed E-state index contributed by atoms with van der Waals surface area (Å²) in [5.41, 5.74) is 4.45. The van der Waals surface area contributed by atoms with Crippen LogP contribution in [-0.2, 0) is 20.8 Å². The Labute approximate surface area is 162 Å². The van der Waals surface area contributed by atoms with Gasteiger partial charge in [0.1, 0.15) is 5.60 Å². The van der Waals surface area contributed by atoms with Gasteiger partial charge in [-0.3, -0.25) is 0 Å². The molecule has 0 saturated heterocycles. The summed E-state index contributed by atoms with van der Waals surface area (Å²) in [5, 5.41) is 11.6. The van der Waals surface area contributed by atoms with E-state index in [2.05, 4.69) is 67.5 Å². The van der Waals surface area contributed by atoms with E-state index in [4.69, 9.17) is 17.0 Å². The molecule has 0 bridgehead atoms. The third-order valence-electron chi connectivity index (χ3n) is 5.60. The maximum atomic E-state index is 11.6. The van der Waals surface area contributed by atoms with Gasteiger partial charge in [0.2, 0.25) is 0 Å². The van der Waals surface area contributed by atoms with E-state index in [0.29, 0.717) is 0 Å². The second kappa shape index (κ2) is 9.53. The first kappa shape index (κ1) is 23.9. The monoisotopic (exact) mass is 439 g/mol. The van der Waals surface area contributed by atoms with Gasteiger partial charge in [0, 0.05) is 11.5 Å². The first-order valence-electron chi connectivity index (χ1n) is 8.22. The van der Waals surface area contributed by atoms with Crippen LogP contribution in [0.15, 0.2) is 22.3 Å². The average molecular weight is 442 g/mol. The van der Waals surface area contributed by atoms with Gasteiger partial charge < -0.3 is 10.0 Å². The summed E-state index contributed by atoms with van der Waals surface area (Å²) in [6, 6.07) is 0.149. The molecule has 0 radical (unpaired) electrons. The third-order valence-corrected chi connectivity index (χ3v) is 5.60. The second-order valence-electron chi connectivity index (χ2n) is 7.11. The Hall–Kier alpha value is 0.863. The average Bonchev–Trinajstić information content (AvgIpc) is 2.60. The van der Waals surface area contributed by atoms with Crippen LogP contribution < -0.4 is 0 Å². The SMILES string of the molecule is CCC(N(C)C)C(O)(CC)C1=C(C)C(C)=C(C)C1(C)C.[Cl][Zr][Cl]. The molecule has 23 heavy (non-hydrogen) atoms. The molecule has 1 N–H and O–H groups in total. The van der Waals surface area contributed by atoms with Gasteiger partial charge in [-0.15, -0.1) is 0 Å². The van der Waals surface area contributed by atoms with E-state index in [-0.39, 0.29) is 11.5 Å². The zero-order chi connectivity index (χ0) is 18.6. The minimum atomic E-state index is -0.826. The van der Waals surface area contributed by atoms with E-state index in [0.717, 1.165) is 12.8 Å². The summed E-state index contributed by atoms with van der Waals surface area (Å²) in [4.78, 5) is 2.17. The molecule has 0 heterocycles. The number of hydrogen-bond donors (Lipinski definition) is 1. The van der Waals surface area contributed by atoms with Gasteiger partial charge in [0.25, 0.3) is 0 Å².